The highest BCUT2D eigenvalue weighted by atomic mass is 16.5. The fraction of sp³-hybridized carbons (Fsp3) is 1.00. The lowest BCUT2D eigenvalue weighted by atomic mass is 9.86. The summed E-state index contributed by atoms with van der Waals surface area (Å²) in [6.45, 7) is 17.7. The minimum atomic E-state index is 0.360. The van der Waals surface area contributed by atoms with Gasteiger partial charge in [-0.05, 0) is 30.8 Å². The number of hydrogen-bond acceptors (Lipinski definition) is 3. The molecule has 1 atom stereocenters. The molecule has 0 aromatic rings. The highest BCUT2D eigenvalue weighted by Crippen LogP contribution is 2.21. The first-order chi connectivity index (χ1) is 8.47. The third kappa shape index (κ3) is 8.06. The van der Waals surface area contributed by atoms with Gasteiger partial charge in [0.2, 0.25) is 0 Å². The van der Waals surface area contributed by atoms with Crippen LogP contribution in [0.3, 0.4) is 0 Å². The number of likely N-dealkylation sites (N-methyl/N-ethyl adjacent to an activating group) is 1. The predicted octanol–water partition coefficient (Wildman–Crippen LogP) is 2.62. The van der Waals surface area contributed by atoms with Crippen LogP contribution in [0.5, 0.6) is 0 Å². The summed E-state index contributed by atoms with van der Waals surface area (Å²) in [4.78, 5) is 2.49. The van der Waals surface area contributed by atoms with Crippen LogP contribution in [-0.4, -0.2) is 51.3 Å². The summed E-state index contributed by atoms with van der Waals surface area (Å²) in [7, 11) is 1.77. The smallest absolute Gasteiger partial charge is 0.0589 e. The molecule has 0 fully saturated rings. The van der Waals surface area contributed by atoms with Crippen LogP contribution in [0.15, 0.2) is 0 Å². The quantitative estimate of drug-likeness (QED) is 0.616. The van der Waals surface area contributed by atoms with Crippen molar-refractivity contribution in [3.8, 4) is 0 Å². The van der Waals surface area contributed by atoms with E-state index in [1.54, 1.807) is 7.11 Å². The highest BCUT2D eigenvalue weighted by Gasteiger charge is 2.24. The standard InChI is InChI=1S/C15H34N2O/c1-7-15(5,12-16-11-14(3)4)13-17(8-2)9-10-18-6/h14,16H,7-13H2,1-6H3. The van der Waals surface area contributed by atoms with Gasteiger partial charge in [-0.3, -0.25) is 0 Å². The second-order valence-corrected chi connectivity index (χ2v) is 6.05. The molecule has 0 amide bonds. The highest BCUT2D eigenvalue weighted by molar-refractivity contribution is 4.79. The second-order valence-electron chi connectivity index (χ2n) is 6.05. The van der Waals surface area contributed by atoms with E-state index in [1.807, 2.05) is 0 Å². The molecule has 0 aromatic carbocycles. The Hall–Kier alpha value is -0.120. The van der Waals surface area contributed by atoms with Crippen molar-refractivity contribution in [2.24, 2.45) is 11.3 Å². The molecule has 0 aromatic heterocycles. The monoisotopic (exact) mass is 258 g/mol. The molecule has 3 heteroatoms. The molecular formula is C15H34N2O. The van der Waals surface area contributed by atoms with E-state index in [0.29, 0.717) is 5.41 Å². The van der Waals surface area contributed by atoms with Gasteiger partial charge in [0.05, 0.1) is 6.61 Å². The SMILES string of the molecule is CCN(CCOC)CC(C)(CC)CNCC(C)C. The Kier molecular flexibility index (Phi) is 9.70. The second kappa shape index (κ2) is 9.76. The van der Waals surface area contributed by atoms with Crippen molar-refractivity contribution in [1.29, 1.82) is 0 Å². The number of methoxy groups -OCH3 is 1. The number of hydrogen-bond donors (Lipinski definition) is 1. The van der Waals surface area contributed by atoms with Crippen molar-refractivity contribution in [2.75, 3.05) is 46.4 Å². The molecule has 0 saturated carbocycles. The number of nitrogens with one attached hydrogen (secondary N) is 1. The van der Waals surface area contributed by atoms with Crippen LogP contribution in [0.1, 0.15) is 41.0 Å². The zero-order chi connectivity index (χ0) is 14.0. The minimum Gasteiger partial charge on any atom is -0.383 e. The molecule has 18 heavy (non-hydrogen) atoms. The van der Waals surface area contributed by atoms with Crippen molar-refractivity contribution >= 4 is 0 Å². The van der Waals surface area contributed by atoms with Crippen LogP contribution in [0.2, 0.25) is 0 Å². The van der Waals surface area contributed by atoms with E-state index in [2.05, 4.69) is 44.8 Å². The average molecular weight is 258 g/mol. The third-order valence-corrected chi connectivity index (χ3v) is 3.62. The van der Waals surface area contributed by atoms with E-state index >= 15 is 0 Å². The maximum atomic E-state index is 5.18. The van der Waals surface area contributed by atoms with Crippen LogP contribution in [-0.2, 0) is 4.74 Å². The molecule has 0 aliphatic carbocycles. The third-order valence-electron chi connectivity index (χ3n) is 3.62. The Bertz CT molecular complexity index is 197. The minimum absolute atomic E-state index is 0.360. The van der Waals surface area contributed by atoms with Crippen molar-refractivity contribution < 1.29 is 4.74 Å². The van der Waals surface area contributed by atoms with Gasteiger partial charge in [0.1, 0.15) is 0 Å². The van der Waals surface area contributed by atoms with Gasteiger partial charge in [-0.15, -0.1) is 0 Å². The number of rotatable bonds is 11. The molecule has 0 bridgehead atoms. The number of ether oxygens (including phenoxy) is 1. The Morgan fingerprint density at radius 3 is 2.39 bits per heavy atom. The summed E-state index contributed by atoms with van der Waals surface area (Å²) in [5.74, 6) is 0.724. The van der Waals surface area contributed by atoms with Crippen LogP contribution >= 0.6 is 0 Å². The largest absolute Gasteiger partial charge is 0.383 e. The van der Waals surface area contributed by atoms with Crippen LogP contribution in [0.25, 0.3) is 0 Å². The Morgan fingerprint density at radius 2 is 1.94 bits per heavy atom. The molecule has 110 valence electrons. The first-order valence-corrected chi connectivity index (χ1v) is 7.39. The molecule has 0 saturated heterocycles. The van der Waals surface area contributed by atoms with Crippen molar-refractivity contribution in [1.82, 2.24) is 10.2 Å². The lowest BCUT2D eigenvalue weighted by Crippen LogP contribution is -2.43. The molecule has 0 heterocycles. The van der Waals surface area contributed by atoms with Crippen molar-refractivity contribution in [3.05, 3.63) is 0 Å². The first-order valence-electron chi connectivity index (χ1n) is 7.39. The van der Waals surface area contributed by atoms with Crippen molar-refractivity contribution in [3.63, 3.8) is 0 Å². The first kappa shape index (κ1) is 17.9. The van der Waals surface area contributed by atoms with E-state index in [4.69, 9.17) is 4.74 Å². The Labute approximate surface area is 114 Å². The summed E-state index contributed by atoms with van der Waals surface area (Å²) in [5, 5.41) is 3.60. The van der Waals surface area contributed by atoms with E-state index in [0.717, 1.165) is 45.2 Å². The fourth-order valence-electron chi connectivity index (χ4n) is 2.06. The van der Waals surface area contributed by atoms with Gasteiger partial charge in [-0.25, -0.2) is 0 Å². The van der Waals surface area contributed by atoms with Crippen LogP contribution < -0.4 is 5.32 Å². The van der Waals surface area contributed by atoms with Gasteiger partial charge < -0.3 is 15.0 Å². The predicted molar refractivity (Wildman–Crippen MR) is 80.1 cm³/mol. The summed E-state index contributed by atoms with van der Waals surface area (Å²) in [6.07, 6.45) is 1.21. The van der Waals surface area contributed by atoms with Crippen LogP contribution in [0.4, 0.5) is 0 Å². The summed E-state index contributed by atoms with van der Waals surface area (Å²) in [6, 6.07) is 0. The lowest BCUT2D eigenvalue weighted by Gasteiger charge is -2.35. The van der Waals surface area contributed by atoms with E-state index in [1.165, 1.54) is 6.42 Å². The topological polar surface area (TPSA) is 24.5 Å². The maximum Gasteiger partial charge on any atom is 0.0589 e. The summed E-state index contributed by atoms with van der Waals surface area (Å²) in [5.41, 5.74) is 0.360. The molecule has 0 aliphatic rings. The summed E-state index contributed by atoms with van der Waals surface area (Å²) >= 11 is 0. The van der Waals surface area contributed by atoms with Crippen molar-refractivity contribution in [2.45, 2.75) is 41.0 Å². The molecular weight excluding hydrogens is 224 g/mol. The van der Waals surface area contributed by atoms with E-state index in [9.17, 15) is 0 Å². The Balaban J connectivity index is 4.16. The normalized spacial score (nSPS) is 15.3. The van der Waals surface area contributed by atoms with Gasteiger partial charge in [-0.1, -0.05) is 34.6 Å². The molecule has 1 unspecified atom stereocenters. The maximum absolute atomic E-state index is 5.18. The van der Waals surface area contributed by atoms with E-state index in [-0.39, 0.29) is 0 Å². The number of nitrogens with zero attached hydrogens (tertiary/aromatic N) is 1. The molecule has 0 spiro atoms. The molecule has 1 N–H and O–H groups in total. The summed E-state index contributed by atoms with van der Waals surface area (Å²) < 4.78 is 5.18. The van der Waals surface area contributed by atoms with Gasteiger partial charge >= 0.3 is 0 Å². The van der Waals surface area contributed by atoms with Gasteiger partial charge in [0.25, 0.3) is 0 Å². The molecule has 3 nitrogen and oxygen atoms in total. The zero-order valence-electron chi connectivity index (χ0n) is 13.4. The molecule has 0 aliphatic heterocycles. The van der Waals surface area contributed by atoms with Gasteiger partial charge in [-0.2, -0.15) is 0 Å². The van der Waals surface area contributed by atoms with E-state index < -0.39 is 0 Å². The fourth-order valence-corrected chi connectivity index (χ4v) is 2.06. The van der Waals surface area contributed by atoms with Gasteiger partial charge in [0, 0.05) is 26.7 Å². The average Bonchev–Trinajstić information content (AvgIpc) is 2.34. The van der Waals surface area contributed by atoms with Gasteiger partial charge in [0.15, 0.2) is 0 Å². The Morgan fingerprint density at radius 1 is 1.28 bits per heavy atom. The zero-order valence-corrected chi connectivity index (χ0v) is 13.4. The molecule has 0 rings (SSSR count). The lowest BCUT2D eigenvalue weighted by molar-refractivity contribution is 0.112. The molecule has 0 radical (unpaired) electrons. The van der Waals surface area contributed by atoms with Crippen LogP contribution in [0, 0.1) is 11.3 Å².